The first-order chi connectivity index (χ1) is 15.2. The third kappa shape index (κ3) is 4.65. The van der Waals surface area contributed by atoms with E-state index in [0.29, 0.717) is 22.3 Å². The van der Waals surface area contributed by atoms with Gasteiger partial charge in [0.15, 0.2) is 0 Å². The third-order valence-electron chi connectivity index (χ3n) is 4.89. The Hall–Kier alpha value is -4.46. The molecule has 4 N–H and O–H groups in total. The molecule has 0 heterocycles. The lowest BCUT2D eigenvalue weighted by Crippen LogP contribution is -2.19. The molecule has 3 aromatic carbocycles. The average Bonchev–Trinajstić information content (AvgIpc) is 2.74. The molecule has 8 nitrogen and oxygen atoms in total. The smallest absolute Gasteiger partial charge is 0.337 e. The van der Waals surface area contributed by atoms with E-state index >= 15 is 0 Å². The van der Waals surface area contributed by atoms with Crippen LogP contribution in [0.2, 0.25) is 0 Å². The van der Waals surface area contributed by atoms with Crippen molar-refractivity contribution in [2.45, 2.75) is 13.8 Å². The number of carbonyl (C=O) groups excluding carboxylic acids is 2. The van der Waals surface area contributed by atoms with E-state index in [1.165, 1.54) is 0 Å². The summed E-state index contributed by atoms with van der Waals surface area (Å²) in [6.45, 7) is 3.44. The quantitative estimate of drug-likeness (QED) is 0.461. The first-order valence-corrected chi connectivity index (χ1v) is 9.57. The molecule has 162 valence electrons. The number of carbonyl (C=O) groups is 4. The first kappa shape index (κ1) is 22.2. The van der Waals surface area contributed by atoms with Gasteiger partial charge in [0.05, 0.1) is 22.5 Å². The molecule has 32 heavy (non-hydrogen) atoms. The molecule has 8 heteroatoms. The Balaban J connectivity index is 2.02. The molecular weight excluding hydrogens is 412 g/mol. The van der Waals surface area contributed by atoms with Crippen LogP contribution in [0.25, 0.3) is 0 Å². The highest BCUT2D eigenvalue weighted by atomic mass is 16.4. The van der Waals surface area contributed by atoms with Crippen LogP contribution in [0.5, 0.6) is 0 Å². The molecule has 0 saturated heterocycles. The number of benzene rings is 3. The second kappa shape index (κ2) is 9.13. The maximum absolute atomic E-state index is 12.7. The predicted octanol–water partition coefficient (Wildman–Crippen LogP) is 4.20. The summed E-state index contributed by atoms with van der Waals surface area (Å²) in [5.41, 5.74) is 0.850. The van der Waals surface area contributed by atoms with Gasteiger partial charge in [-0.05, 0) is 49.2 Å². The minimum Gasteiger partial charge on any atom is -0.478 e. The van der Waals surface area contributed by atoms with Crippen molar-refractivity contribution in [3.05, 3.63) is 94.0 Å². The van der Waals surface area contributed by atoms with Gasteiger partial charge < -0.3 is 20.8 Å². The number of hydrogen-bond donors (Lipinski definition) is 4. The summed E-state index contributed by atoms with van der Waals surface area (Å²) in [4.78, 5) is 49.0. The molecule has 3 aromatic rings. The van der Waals surface area contributed by atoms with Gasteiger partial charge in [-0.1, -0.05) is 36.4 Å². The van der Waals surface area contributed by atoms with Crippen molar-refractivity contribution < 1.29 is 29.4 Å². The summed E-state index contributed by atoms with van der Waals surface area (Å²) in [6.07, 6.45) is 0. The summed E-state index contributed by atoms with van der Waals surface area (Å²) in [7, 11) is 0. The van der Waals surface area contributed by atoms with Gasteiger partial charge in [0.2, 0.25) is 0 Å². The third-order valence-corrected chi connectivity index (χ3v) is 4.89. The molecule has 0 aliphatic rings. The van der Waals surface area contributed by atoms with E-state index in [9.17, 15) is 29.4 Å². The number of aryl methyl sites for hydroxylation is 2. The highest BCUT2D eigenvalue weighted by molar-refractivity contribution is 6.13. The average molecular weight is 432 g/mol. The fraction of sp³-hybridized carbons (Fsp3) is 0.0833. The Kier molecular flexibility index (Phi) is 6.34. The Morgan fingerprint density at radius 3 is 1.25 bits per heavy atom. The van der Waals surface area contributed by atoms with Gasteiger partial charge in [-0.25, -0.2) is 9.59 Å². The van der Waals surface area contributed by atoms with Crippen LogP contribution in [0.15, 0.2) is 60.7 Å². The number of carboxylic acid groups (broad SMARTS) is 2. The van der Waals surface area contributed by atoms with E-state index < -0.39 is 23.8 Å². The molecule has 3 rings (SSSR count). The zero-order chi connectivity index (χ0) is 23.4. The molecule has 0 aliphatic carbocycles. The molecule has 0 radical (unpaired) electrons. The molecule has 0 unspecified atom stereocenters. The highest BCUT2D eigenvalue weighted by Crippen LogP contribution is 2.27. The van der Waals surface area contributed by atoms with Crippen LogP contribution in [-0.4, -0.2) is 34.0 Å². The summed E-state index contributed by atoms with van der Waals surface area (Å²) in [5, 5.41) is 24.2. The Labute approximate surface area is 183 Å². The summed E-state index contributed by atoms with van der Waals surface area (Å²) in [6, 6.07) is 15.5. The molecule has 0 spiro atoms. The van der Waals surface area contributed by atoms with Gasteiger partial charge in [0.1, 0.15) is 0 Å². The minimum atomic E-state index is -1.39. The fourth-order valence-electron chi connectivity index (χ4n) is 3.20. The summed E-state index contributed by atoms with van der Waals surface area (Å²) < 4.78 is 0. The number of anilines is 2. The van der Waals surface area contributed by atoms with Crippen molar-refractivity contribution in [1.82, 2.24) is 0 Å². The molecular formula is C24H20N2O6. The Morgan fingerprint density at radius 2 is 0.938 bits per heavy atom. The normalized spacial score (nSPS) is 10.3. The van der Waals surface area contributed by atoms with Crippen molar-refractivity contribution in [2.75, 3.05) is 10.6 Å². The highest BCUT2D eigenvalue weighted by Gasteiger charge is 2.22. The lowest BCUT2D eigenvalue weighted by atomic mass is 10.0. The number of amides is 2. The predicted molar refractivity (Wildman–Crippen MR) is 119 cm³/mol. The molecule has 0 aromatic heterocycles. The van der Waals surface area contributed by atoms with Crippen molar-refractivity contribution in [1.29, 1.82) is 0 Å². The van der Waals surface area contributed by atoms with Crippen molar-refractivity contribution >= 4 is 35.1 Å². The van der Waals surface area contributed by atoms with Gasteiger partial charge in [-0.15, -0.1) is 0 Å². The molecule has 0 saturated carbocycles. The number of carboxylic acids is 2. The maximum atomic E-state index is 12.7. The van der Waals surface area contributed by atoms with Crippen LogP contribution in [-0.2, 0) is 0 Å². The van der Waals surface area contributed by atoms with Crippen LogP contribution in [0.4, 0.5) is 11.4 Å². The molecule has 0 fully saturated rings. The van der Waals surface area contributed by atoms with Gasteiger partial charge in [-0.2, -0.15) is 0 Å². The maximum Gasteiger partial charge on any atom is 0.337 e. The largest absolute Gasteiger partial charge is 0.478 e. The number of rotatable bonds is 6. The fourth-order valence-corrected chi connectivity index (χ4v) is 3.20. The second-order valence-electron chi connectivity index (χ2n) is 7.09. The molecule has 0 aliphatic heterocycles. The van der Waals surface area contributed by atoms with E-state index in [2.05, 4.69) is 10.6 Å². The van der Waals surface area contributed by atoms with Crippen molar-refractivity contribution in [2.24, 2.45) is 0 Å². The van der Waals surface area contributed by atoms with Gasteiger partial charge in [0.25, 0.3) is 11.8 Å². The van der Waals surface area contributed by atoms with E-state index in [0.717, 1.165) is 12.1 Å². The van der Waals surface area contributed by atoms with Crippen LogP contribution in [0.1, 0.15) is 52.6 Å². The van der Waals surface area contributed by atoms with Crippen molar-refractivity contribution in [3.8, 4) is 0 Å². The van der Waals surface area contributed by atoms with Gasteiger partial charge in [-0.3, -0.25) is 9.59 Å². The number of nitrogens with one attached hydrogen (secondary N) is 2. The summed E-state index contributed by atoms with van der Waals surface area (Å²) >= 11 is 0. The Bertz CT molecular complexity index is 1150. The van der Waals surface area contributed by atoms with Crippen LogP contribution in [0, 0.1) is 13.8 Å². The first-order valence-electron chi connectivity index (χ1n) is 9.57. The van der Waals surface area contributed by atoms with Crippen molar-refractivity contribution in [3.63, 3.8) is 0 Å². The topological polar surface area (TPSA) is 133 Å². The van der Waals surface area contributed by atoms with Gasteiger partial charge in [0, 0.05) is 11.1 Å². The lowest BCUT2D eigenvalue weighted by molar-refractivity contribution is 0.0682. The zero-order valence-corrected chi connectivity index (χ0v) is 17.3. The SMILES string of the molecule is Cc1ccccc1C(=O)Nc1cc(C(=O)O)c(NC(=O)c2ccccc2C)cc1C(=O)O. The lowest BCUT2D eigenvalue weighted by Gasteiger charge is -2.15. The van der Waals surface area contributed by atoms with Crippen LogP contribution in [0.3, 0.4) is 0 Å². The summed E-state index contributed by atoms with van der Waals surface area (Å²) in [5.74, 6) is -3.96. The minimum absolute atomic E-state index is 0.197. The van der Waals surface area contributed by atoms with E-state index in [1.54, 1.807) is 62.4 Å². The standard InChI is InChI=1S/C24H20N2O6/c1-13-7-3-5-9-15(13)21(27)25-19-11-18(24(31)32)20(12-17(19)23(29)30)26-22(28)16-10-6-4-8-14(16)2/h3-12H,1-2H3,(H,25,27)(H,26,28)(H,29,30)(H,31,32). The Morgan fingerprint density at radius 1 is 0.594 bits per heavy atom. The van der Waals surface area contributed by atoms with Crippen LogP contribution < -0.4 is 10.6 Å². The van der Waals surface area contributed by atoms with E-state index in [4.69, 9.17) is 0 Å². The molecule has 0 bridgehead atoms. The monoisotopic (exact) mass is 432 g/mol. The van der Waals surface area contributed by atoms with E-state index in [1.807, 2.05) is 0 Å². The van der Waals surface area contributed by atoms with E-state index in [-0.39, 0.29) is 22.5 Å². The van der Waals surface area contributed by atoms with Gasteiger partial charge >= 0.3 is 11.9 Å². The molecule has 2 amide bonds. The number of hydrogen-bond acceptors (Lipinski definition) is 4. The van der Waals surface area contributed by atoms with Crippen LogP contribution >= 0.6 is 0 Å². The number of aromatic carboxylic acids is 2. The second-order valence-corrected chi connectivity index (χ2v) is 7.09. The molecule has 0 atom stereocenters. The zero-order valence-electron chi connectivity index (χ0n) is 17.3.